The number of hydrogen-bond donors (Lipinski definition) is 2. The van der Waals surface area contributed by atoms with Gasteiger partial charge in [-0.1, -0.05) is 0 Å². The van der Waals surface area contributed by atoms with Crippen molar-refractivity contribution in [3.8, 4) is 17.3 Å². The van der Waals surface area contributed by atoms with Crippen LogP contribution < -0.4 is 21.7 Å². The van der Waals surface area contributed by atoms with Crippen LogP contribution in [0.4, 0.5) is 5.69 Å². The third-order valence-electron chi connectivity index (χ3n) is 5.50. The molecule has 4 rings (SSSR count). The van der Waals surface area contributed by atoms with E-state index in [-0.39, 0.29) is 11.3 Å². The van der Waals surface area contributed by atoms with Crippen LogP contribution in [-0.2, 0) is 13.1 Å². The Morgan fingerprint density at radius 2 is 1.68 bits per heavy atom. The van der Waals surface area contributed by atoms with Crippen LogP contribution in [0, 0.1) is 0 Å². The lowest BCUT2D eigenvalue weighted by Crippen LogP contribution is -2.31. The lowest BCUT2D eigenvalue weighted by Gasteiger charge is -2.10. The minimum absolute atomic E-state index is 0.117. The van der Waals surface area contributed by atoms with Gasteiger partial charge in [-0.15, -0.1) is 0 Å². The standard InChI is InChI=1S/C23H22BrN5O5/c1-4-27-18-10-16(24)17(11-19(18)28(5-2)23(27)33)25-12-15-20(30)26-22(32)29(21(15)31)13-6-8-14(34-3)9-7-13/h6-12,31H,4-5H2,1-3H3,(H,26,30,32). The number of methoxy groups -OCH3 is 1. The van der Waals surface area contributed by atoms with Crippen molar-refractivity contribution in [2.75, 3.05) is 7.11 Å². The number of halogens is 1. The first-order valence-corrected chi connectivity index (χ1v) is 11.3. The van der Waals surface area contributed by atoms with Gasteiger partial charge in [0.05, 0.1) is 29.5 Å². The van der Waals surface area contributed by atoms with E-state index in [1.165, 1.54) is 13.3 Å². The summed E-state index contributed by atoms with van der Waals surface area (Å²) in [5.74, 6) is 0.0210. The zero-order valence-electron chi connectivity index (χ0n) is 18.7. The molecule has 0 radical (unpaired) electrons. The van der Waals surface area contributed by atoms with Crippen molar-refractivity contribution in [3.05, 3.63) is 77.8 Å². The fourth-order valence-corrected chi connectivity index (χ4v) is 4.23. The van der Waals surface area contributed by atoms with E-state index in [1.807, 2.05) is 13.8 Å². The number of ether oxygens (including phenoxy) is 1. The predicted octanol–water partition coefficient (Wildman–Crippen LogP) is 2.91. The molecule has 176 valence electrons. The molecule has 0 saturated carbocycles. The molecule has 0 fully saturated rings. The number of aromatic amines is 1. The lowest BCUT2D eigenvalue weighted by molar-refractivity contribution is 0.414. The third-order valence-corrected chi connectivity index (χ3v) is 6.14. The molecule has 0 unspecified atom stereocenters. The third kappa shape index (κ3) is 3.87. The zero-order valence-corrected chi connectivity index (χ0v) is 20.3. The van der Waals surface area contributed by atoms with Crippen LogP contribution in [0.3, 0.4) is 0 Å². The average Bonchev–Trinajstić information content (AvgIpc) is 3.08. The van der Waals surface area contributed by atoms with E-state index in [1.54, 1.807) is 45.5 Å². The van der Waals surface area contributed by atoms with Gasteiger partial charge in [-0.3, -0.25) is 23.9 Å². The molecule has 0 spiro atoms. The number of hydrogen-bond acceptors (Lipinski definition) is 6. The summed E-state index contributed by atoms with van der Waals surface area (Å²) in [6.07, 6.45) is 1.19. The van der Waals surface area contributed by atoms with Gasteiger partial charge in [0.25, 0.3) is 5.56 Å². The van der Waals surface area contributed by atoms with Gasteiger partial charge in [-0.25, -0.2) is 14.2 Å². The van der Waals surface area contributed by atoms with Crippen molar-refractivity contribution in [2.24, 2.45) is 4.99 Å². The summed E-state index contributed by atoms with van der Waals surface area (Å²) in [5, 5.41) is 10.8. The normalized spacial score (nSPS) is 11.5. The first-order chi connectivity index (χ1) is 16.3. The number of rotatable bonds is 6. The number of nitrogens with one attached hydrogen (secondary N) is 1. The molecule has 0 atom stereocenters. The second kappa shape index (κ2) is 9.18. The van der Waals surface area contributed by atoms with Crippen LogP contribution >= 0.6 is 15.9 Å². The molecule has 11 heteroatoms. The molecule has 2 aromatic carbocycles. The van der Waals surface area contributed by atoms with Crippen molar-refractivity contribution < 1.29 is 9.84 Å². The summed E-state index contributed by atoms with van der Waals surface area (Å²) in [5.41, 5.74) is 0.361. The average molecular weight is 528 g/mol. The fraction of sp³-hybridized carbons (Fsp3) is 0.217. The molecule has 0 aliphatic rings. The topological polar surface area (TPSA) is 124 Å². The number of aryl methyl sites for hydroxylation is 2. The number of H-pyrrole nitrogens is 1. The highest BCUT2D eigenvalue weighted by atomic mass is 79.9. The van der Waals surface area contributed by atoms with Crippen LogP contribution in [0.25, 0.3) is 16.7 Å². The molecular weight excluding hydrogens is 506 g/mol. The van der Waals surface area contributed by atoms with Crippen LogP contribution in [0.1, 0.15) is 19.4 Å². The van der Waals surface area contributed by atoms with Crippen LogP contribution in [0.2, 0.25) is 0 Å². The van der Waals surface area contributed by atoms with Gasteiger partial charge in [0.2, 0.25) is 5.88 Å². The number of aromatic hydroxyl groups is 1. The van der Waals surface area contributed by atoms with Gasteiger partial charge in [0.15, 0.2) is 0 Å². The largest absolute Gasteiger partial charge is 0.497 e. The number of aromatic nitrogens is 4. The van der Waals surface area contributed by atoms with Crippen molar-refractivity contribution in [3.63, 3.8) is 0 Å². The molecule has 0 aliphatic heterocycles. The molecule has 0 aliphatic carbocycles. The van der Waals surface area contributed by atoms with Gasteiger partial charge in [0.1, 0.15) is 11.3 Å². The van der Waals surface area contributed by atoms with Gasteiger partial charge in [-0.05, 0) is 66.2 Å². The zero-order chi connectivity index (χ0) is 24.6. The van der Waals surface area contributed by atoms with Crippen LogP contribution in [0.5, 0.6) is 11.6 Å². The van der Waals surface area contributed by atoms with E-state index in [2.05, 4.69) is 25.9 Å². The van der Waals surface area contributed by atoms with Crippen LogP contribution in [0.15, 0.2) is 60.2 Å². The molecule has 2 heterocycles. The number of imidazole rings is 1. The molecule has 2 N–H and O–H groups in total. The molecule has 4 aromatic rings. The molecule has 0 amide bonds. The maximum atomic E-state index is 12.6. The maximum absolute atomic E-state index is 12.6. The van der Waals surface area contributed by atoms with E-state index in [9.17, 15) is 19.5 Å². The first kappa shape index (κ1) is 23.3. The Balaban J connectivity index is 1.84. The van der Waals surface area contributed by atoms with Crippen molar-refractivity contribution in [2.45, 2.75) is 26.9 Å². The number of fused-ring (bicyclic) bond motifs is 1. The summed E-state index contributed by atoms with van der Waals surface area (Å²) in [6.45, 7) is 4.79. The molecule has 0 bridgehead atoms. The lowest BCUT2D eigenvalue weighted by atomic mass is 10.2. The molecular formula is C23H22BrN5O5. The highest BCUT2D eigenvalue weighted by Gasteiger charge is 2.16. The minimum atomic E-state index is -0.791. The molecule has 0 saturated heterocycles. The summed E-state index contributed by atoms with van der Waals surface area (Å²) < 4.78 is 9.99. The predicted molar refractivity (Wildman–Crippen MR) is 133 cm³/mol. The highest BCUT2D eigenvalue weighted by Crippen LogP contribution is 2.31. The van der Waals surface area contributed by atoms with Crippen molar-refractivity contribution in [1.29, 1.82) is 0 Å². The monoisotopic (exact) mass is 527 g/mol. The SMILES string of the molecule is CCn1c(=O)n(CC)c2cc(N=Cc3c(O)n(-c4ccc(OC)cc4)c(=O)[nH]c3=O)c(Br)cc21. The summed E-state index contributed by atoms with van der Waals surface area (Å²) in [4.78, 5) is 44.1. The first-order valence-electron chi connectivity index (χ1n) is 10.5. The van der Waals surface area contributed by atoms with E-state index < -0.39 is 17.1 Å². The van der Waals surface area contributed by atoms with Gasteiger partial charge in [-0.2, -0.15) is 0 Å². The fourth-order valence-electron chi connectivity index (χ4n) is 3.79. The second-order valence-electron chi connectivity index (χ2n) is 7.35. The van der Waals surface area contributed by atoms with Crippen molar-refractivity contribution >= 4 is 38.9 Å². The second-order valence-corrected chi connectivity index (χ2v) is 8.21. The van der Waals surface area contributed by atoms with E-state index in [0.29, 0.717) is 40.2 Å². The highest BCUT2D eigenvalue weighted by molar-refractivity contribution is 9.10. The summed E-state index contributed by atoms with van der Waals surface area (Å²) >= 11 is 3.47. The smallest absolute Gasteiger partial charge is 0.335 e. The van der Waals surface area contributed by atoms with Gasteiger partial charge < -0.3 is 9.84 Å². The molecule has 10 nitrogen and oxygen atoms in total. The Bertz CT molecular complexity index is 1590. The van der Waals surface area contributed by atoms with Crippen LogP contribution in [-0.4, -0.2) is 37.1 Å². The molecule has 2 aromatic heterocycles. The Hall–Kier alpha value is -3.86. The number of aliphatic imine (C=N–C) groups is 1. The van der Waals surface area contributed by atoms with E-state index in [0.717, 1.165) is 10.1 Å². The number of benzene rings is 2. The molecule has 34 heavy (non-hydrogen) atoms. The number of nitrogens with zero attached hydrogens (tertiary/aromatic N) is 4. The van der Waals surface area contributed by atoms with E-state index >= 15 is 0 Å². The summed E-state index contributed by atoms with van der Waals surface area (Å²) in [7, 11) is 1.51. The van der Waals surface area contributed by atoms with Crippen molar-refractivity contribution in [1.82, 2.24) is 18.7 Å². The van der Waals surface area contributed by atoms with Gasteiger partial charge in [0, 0.05) is 23.8 Å². The Labute approximate surface area is 201 Å². The quantitative estimate of drug-likeness (QED) is 0.373. The minimum Gasteiger partial charge on any atom is -0.497 e. The Kier molecular flexibility index (Phi) is 6.29. The summed E-state index contributed by atoms with van der Waals surface area (Å²) in [6, 6.07) is 9.93. The Morgan fingerprint density at radius 1 is 1.06 bits per heavy atom. The van der Waals surface area contributed by atoms with E-state index in [4.69, 9.17) is 4.74 Å². The maximum Gasteiger partial charge on any atom is 0.335 e. The Morgan fingerprint density at radius 3 is 2.26 bits per heavy atom. The van der Waals surface area contributed by atoms with Gasteiger partial charge >= 0.3 is 11.4 Å².